The van der Waals surface area contributed by atoms with Crippen LogP contribution in [0.2, 0.25) is 0 Å². The minimum absolute atomic E-state index is 0.133. The summed E-state index contributed by atoms with van der Waals surface area (Å²) >= 11 is 0. The van der Waals surface area contributed by atoms with Gasteiger partial charge in [-0.15, -0.1) is 0 Å². The van der Waals surface area contributed by atoms with Crippen molar-refractivity contribution in [3.05, 3.63) is 0 Å². The molecule has 0 saturated heterocycles. The second-order valence-corrected chi connectivity index (χ2v) is 8.79. The van der Waals surface area contributed by atoms with Crippen LogP contribution < -0.4 is 10.6 Å². The topological polar surface area (TPSA) is 70.6 Å². The van der Waals surface area contributed by atoms with Gasteiger partial charge in [0.05, 0.1) is 0 Å². The van der Waals surface area contributed by atoms with Crippen LogP contribution in [0, 0.1) is 5.41 Å². The van der Waals surface area contributed by atoms with Gasteiger partial charge in [0.25, 0.3) is 0 Å². The second-order valence-electron chi connectivity index (χ2n) is 8.79. The van der Waals surface area contributed by atoms with Crippen LogP contribution in [0.5, 0.6) is 0 Å². The highest BCUT2D eigenvalue weighted by atomic mass is 16.6. The zero-order valence-corrected chi connectivity index (χ0v) is 15.7. The van der Waals surface area contributed by atoms with Gasteiger partial charge in [0.15, 0.2) is 0 Å². The Morgan fingerprint density at radius 1 is 1.09 bits per heavy atom. The molecule has 5 heteroatoms. The molecule has 1 aliphatic rings. The summed E-state index contributed by atoms with van der Waals surface area (Å²) in [5.41, 5.74) is -0.318. The van der Waals surface area contributed by atoms with Crippen molar-refractivity contribution in [2.24, 2.45) is 5.41 Å². The number of aliphatic hydroxyl groups is 1. The molecule has 1 saturated carbocycles. The fraction of sp³-hybridized carbons (Fsp3) is 0.944. The number of rotatable bonds is 5. The number of nitrogens with one attached hydrogen (secondary N) is 2. The fourth-order valence-electron chi connectivity index (χ4n) is 3.06. The van der Waals surface area contributed by atoms with Crippen LogP contribution >= 0.6 is 0 Å². The van der Waals surface area contributed by atoms with Crippen molar-refractivity contribution in [3.8, 4) is 0 Å². The van der Waals surface area contributed by atoms with Gasteiger partial charge in [0, 0.05) is 24.7 Å². The van der Waals surface area contributed by atoms with Crippen molar-refractivity contribution in [2.45, 2.75) is 97.4 Å². The van der Waals surface area contributed by atoms with Gasteiger partial charge >= 0.3 is 6.09 Å². The molecule has 0 aromatic rings. The Bertz CT molecular complexity index is 363. The molecule has 0 radical (unpaired) electrons. The molecule has 0 aromatic carbocycles. The molecule has 0 heterocycles. The van der Waals surface area contributed by atoms with E-state index in [0.717, 1.165) is 32.1 Å². The first-order valence-corrected chi connectivity index (χ1v) is 8.87. The minimum Gasteiger partial charge on any atom is -0.444 e. The number of hydrogen-bond donors (Lipinski definition) is 3. The standard InChI is InChI=1S/C18H36N2O3/c1-17(2,3)15(11-12-21)19-13-7-9-14(10-8-13)20-16(22)23-18(4,5)6/h13-15,19,21H,7-12H2,1-6H3,(H,20,22). The Balaban J connectivity index is 2.39. The Kier molecular flexibility index (Phi) is 7.33. The lowest BCUT2D eigenvalue weighted by molar-refractivity contribution is 0.0487. The van der Waals surface area contributed by atoms with Crippen LogP contribution in [0.25, 0.3) is 0 Å². The summed E-state index contributed by atoms with van der Waals surface area (Å²) in [7, 11) is 0. The second kappa shape index (κ2) is 8.34. The van der Waals surface area contributed by atoms with Crippen LogP contribution in [0.3, 0.4) is 0 Å². The molecule has 1 rings (SSSR count). The molecule has 1 atom stereocenters. The number of ether oxygens (including phenoxy) is 1. The summed E-state index contributed by atoms with van der Waals surface area (Å²) < 4.78 is 5.32. The van der Waals surface area contributed by atoms with Crippen molar-refractivity contribution in [2.75, 3.05) is 6.61 Å². The molecule has 0 bridgehead atoms. The maximum atomic E-state index is 11.8. The highest BCUT2D eigenvalue weighted by molar-refractivity contribution is 5.68. The average Bonchev–Trinajstić information content (AvgIpc) is 2.37. The first-order valence-electron chi connectivity index (χ1n) is 8.87. The molecule has 0 spiro atoms. The summed E-state index contributed by atoms with van der Waals surface area (Å²) in [5, 5.41) is 15.9. The number of aliphatic hydroxyl groups excluding tert-OH is 1. The molecule has 23 heavy (non-hydrogen) atoms. The smallest absolute Gasteiger partial charge is 0.407 e. The van der Waals surface area contributed by atoms with Gasteiger partial charge < -0.3 is 20.5 Å². The van der Waals surface area contributed by atoms with E-state index in [0.29, 0.717) is 12.1 Å². The molecular weight excluding hydrogens is 292 g/mol. The largest absolute Gasteiger partial charge is 0.444 e. The first-order chi connectivity index (χ1) is 10.5. The molecule has 0 aromatic heterocycles. The van der Waals surface area contributed by atoms with E-state index in [1.54, 1.807) is 0 Å². The Labute approximate surface area is 141 Å². The molecule has 136 valence electrons. The van der Waals surface area contributed by atoms with E-state index in [1.165, 1.54) is 0 Å². The SMILES string of the molecule is CC(C)(C)OC(=O)NC1CCC(NC(CCO)C(C)(C)C)CC1. The molecular formula is C18H36N2O3. The molecule has 1 amide bonds. The third-order valence-corrected chi connectivity index (χ3v) is 4.35. The minimum atomic E-state index is -0.451. The van der Waals surface area contributed by atoms with Gasteiger partial charge in [-0.25, -0.2) is 4.79 Å². The van der Waals surface area contributed by atoms with E-state index in [9.17, 15) is 9.90 Å². The zero-order valence-electron chi connectivity index (χ0n) is 15.7. The van der Waals surface area contributed by atoms with E-state index >= 15 is 0 Å². The van der Waals surface area contributed by atoms with E-state index in [-0.39, 0.29) is 24.2 Å². The quantitative estimate of drug-likeness (QED) is 0.725. The lowest BCUT2D eigenvalue weighted by atomic mass is 9.82. The van der Waals surface area contributed by atoms with Crippen LogP contribution in [-0.4, -0.2) is 41.5 Å². The van der Waals surface area contributed by atoms with E-state index < -0.39 is 5.60 Å². The van der Waals surface area contributed by atoms with E-state index in [1.807, 2.05) is 20.8 Å². The molecule has 0 aliphatic heterocycles. The maximum Gasteiger partial charge on any atom is 0.407 e. The lowest BCUT2D eigenvalue weighted by Gasteiger charge is -2.37. The summed E-state index contributed by atoms with van der Waals surface area (Å²) in [6.07, 6.45) is 4.47. The summed E-state index contributed by atoms with van der Waals surface area (Å²) in [4.78, 5) is 11.8. The highest BCUT2D eigenvalue weighted by Crippen LogP contribution is 2.26. The number of alkyl carbamates (subject to hydrolysis) is 1. The maximum absolute atomic E-state index is 11.8. The number of amides is 1. The predicted octanol–water partition coefficient (Wildman–Crippen LogP) is 3.21. The summed E-state index contributed by atoms with van der Waals surface area (Å²) in [5.74, 6) is 0. The normalized spacial score (nSPS) is 24.1. The van der Waals surface area contributed by atoms with Crippen LogP contribution in [0.4, 0.5) is 4.79 Å². The number of carbonyl (C=O) groups is 1. The van der Waals surface area contributed by atoms with Gasteiger partial charge in [-0.2, -0.15) is 0 Å². The van der Waals surface area contributed by atoms with Crippen LogP contribution in [0.1, 0.15) is 73.6 Å². The average molecular weight is 328 g/mol. The Morgan fingerprint density at radius 3 is 2.04 bits per heavy atom. The molecule has 1 aliphatic carbocycles. The highest BCUT2D eigenvalue weighted by Gasteiger charge is 2.29. The van der Waals surface area contributed by atoms with E-state index in [4.69, 9.17) is 4.74 Å². The van der Waals surface area contributed by atoms with Gasteiger partial charge in [0.1, 0.15) is 5.60 Å². The lowest BCUT2D eigenvalue weighted by Crippen LogP contribution is -2.49. The van der Waals surface area contributed by atoms with Gasteiger partial charge in [-0.1, -0.05) is 20.8 Å². The van der Waals surface area contributed by atoms with Crippen LogP contribution in [-0.2, 0) is 4.74 Å². The number of hydrogen-bond acceptors (Lipinski definition) is 4. The fourth-order valence-corrected chi connectivity index (χ4v) is 3.06. The monoisotopic (exact) mass is 328 g/mol. The Morgan fingerprint density at radius 2 is 1.61 bits per heavy atom. The van der Waals surface area contributed by atoms with Gasteiger partial charge in [-0.05, 0) is 58.3 Å². The van der Waals surface area contributed by atoms with Crippen molar-refractivity contribution in [1.29, 1.82) is 0 Å². The summed E-state index contributed by atoms with van der Waals surface area (Å²) in [6.45, 7) is 12.5. The first kappa shape index (κ1) is 20.2. The third-order valence-electron chi connectivity index (χ3n) is 4.35. The van der Waals surface area contributed by atoms with Crippen molar-refractivity contribution in [1.82, 2.24) is 10.6 Å². The van der Waals surface area contributed by atoms with Gasteiger partial charge in [-0.3, -0.25) is 0 Å². The van der Waals surface area contributed by atoms with Crippen LogP contribution in [0.15, 0.2) is 0 Å². The van der Waals surface area contributed by atoms with Crippen molar-refractivity contribution < 1.29 is 14.6 Å². The third kappa shape index (κ3) is 8.02. The predicted molar refractivity (Wildman–Crippen MR) is 93.5 cm³/mol. The molecule has 5 nitrogen and oxygen atoms in total. The van der Waals surface area contributed by atoms with Crippen molar-refractivity contribution >= 4 is 6.09 Å². The molecule has 1 unspecified atom stereocenters. The Hall–Kier alpha value is -0.810. The molecule has 1 fully saturated rings. The van der Waals surface area contributed by atoms with Crippen molar-refractivity contribution in [3.63, 3.8) is 0 Å². The van der Waals surface area contributed by atoms with Gasteiger partial charge in [0.2, 0.25) is 0 Å². The summed E-state index contributed by atoms with van der Waals surface area (Å²) in [6, 6.07) is 0.976. The molecule has 3 N–H and O–H groups in total. The van der Waals surface area contributed by atoms with E-state index in [2.05, 4.69) is 31.4 Å². The number of carbonyl (C=O) groups excluding carboxylic acids is 1. The zero-order chi connectivity index (χ0) is 17.7.